The molecule has 2 heterocycles. The minimum absolute atomic E-state index is 0.0689. The molecule has 15 heteroatoms. The van der Waals surface area contributed by atoms with Gasteiger partial charge in [-0.1, -0.05) is 32.0 Å². The summed E-state index contributed by atoms with van der Waals surface area (Å²) in [6.07, 6.45) is -2.97. The molecule has 1 aliphatic rings. The van der Waals surface area contributed by atoms with E-state index in [1.165, 1.54) is 6.92 Å². The maximum absolute atomic E-state index is 12.5. The van der Waals surface area contributed by atoms with Gasteiger partial charge in [-0.15, -0.1) is 0 Å². The number of ether oxygens (including phenoxy) is 4. The van der Waals surface area contributed by atoms with E-state index in [0.717, 1.165) is 16.8 Å². The maximum atomic E-state index is 12.5. The van der Waals surface area contributed by atoms with Crippen molar-refractivity contribution < 1.29 is 38.3 Å². The molecule has 0 saturated carbocycles. The molecule has 0 amide bonds. The van der Waals surface area contributed by atoms with Gasteiger partial charge >= 0.3 is 17.6 Å². The number of nitrogens with zero attached hydrogens (tertiary/aromatic N) is 1. The van der Waals surface area contributed by atoms with Crippen molar-refractivity contribution in [1.82, 2.24) is 14.6 Å². The highest BCUT2D eigenvalue weighted by Gasteiger charge is 2.56. The van der Waals surface area contributed by atoms with Gasteiger partial charge in [0.05, 0.1) is 24.3 Å². The number of hydrogen-bond donors (Lipinski definition) is 4. The van der Waals surface area contributed by atoms with E-state index in [1.807, 2.05) is 6.07 Å². The van der Waals surface area contributed by atoms with Gasteiger partial charge in [0.1, 0.15) is 17.5 Å². The summed E-state index contributed by atoms with van der Waals surface area (Å²) in [5, 5.41) is 14.1. The average molecular weight is 614 g/mol. The van der Waals surface area contributed by atoms with Gasteiger partial charge in [-0.3, -0.25) is 19.1 Å². The molecule has 0 unspecified atom stereocenters. The maximum Gasteiger partial charge on any atom is 0.330 e. The fraction of sp³-hybridized carbons (Fsp3) is 0.500. The first-order valence-electron chi connectivity index (χ1n) is 12.9. The summed E-state index contributed by atoms with van der Waals surface area (Å²) in [6.45, 7) is 5.53. The van der Waals surface area contributed by atoms with Gasteiger partial charge in [-0.05, 0) is 51.6 Å². The first-order chi connectivity index (χ1) is 19.1. The topological polar surface area (TPSA) is 171 Å². The average Bonchev–Trinajstić information content (AvgIpc) is 3.11. The Bertz CT molecular complexity index is 1410. The Balaban J connectivity index is 1.84. The highest BCUT2D eigenvalue weighted by atomic mass is 32.5. The third kappa shape index (κ3) is 8.51. The van der Waals surface area contributed by atoms with Crippen molar-refractivity contribution >= 4 is 24.4 Å². The quantitative estimate of drug-likeness (QED) is 0.157. The van der Waals surface area contributed by atoms with Crippen molar-refractivity contribution in [3.05, 3.63) is 75.1 Å². The molecule has 4 N–H and O–H groups in total. The summed E-state index contributed by atoms with van der Waals surface area (Å²) in [6, 6.07) is 9.96. The zero-order valence-electron chi connectivity index (χ0n) is 23.6. The van der Waals surface area contributed by atoms with Gasteiger partial charge in [0, 0.05) is 12.3 Å². The van der Waals surface area contributed by atoms with Crippen LogP contribution in [-0.2, 0) is 35.3 Å². The molecular formula is C26H36N3O10PS. The molecule has 0 aliphatic carbocycles. The summed E-state index contributed by atoms with van der Waals surface area (Å²) in [4.78, 5) is 49.6. The summed E-state index contributed by atoms with van der Waals surface area (Å²) in [5.41, 5.74) is -3.17. The Morgan fingerprint density at radius 1 is 1.22 bits per heavy atom. The fourth-order valence-corrected chi connectivity index (χ4v) is 5.42. The van der Waals surface area contributed by atoms with Crippen LogP contribution in [0.2, 0.25) is 0 Å². The van der Waals surface area contributed by atoms with Crippen molar-refractivity contribution in [3.8, 4) is 5.75 Å². The van der Waals surface area contributed by atoms with Crippen LogP contribution in [0.25, 0.3) is 0 Å². The summed E-state index contributed by atoms with van der Waals surface area (Å²) in [5.74, 6) is -0.605. The highest BCUT2D eigenvalue weighted by molar-refractivity contribution is 8.08. The number of rotatable bonds is 12. The molecule has 1 aliphatic heterocycles. The second kappa shape index (κ2) is 13.3. The molecule has 2 aromatic rings. The minimum Gasteiger partial charge on any atom is -0.461 e. The SMILES string of the molecule is CC(N[P@@](O)(=S)OC[C@H]1O[C@@H](n2ccc(=O)[nH]c2=O)[C@](C)(O)[C@@H]1OC(=O)C(C)C)=C(Oc1ccccc1)OC(C)C. The minimum atomic E-state index is -3.79. The Morgan fingerprint density at radius 2 is 1.88 bits per heavy atom. The van der Waals surface area contributed by atoms with Gasteiger partial charge in [-0.25, -0.2) is 4.79 Å². The van der Waals surface area contributed by atoms with E-state index < -0.39 is 60.4 Å². The van der Waals surface area contributed by atoms with Crippen LogP contribution in [-0.4, -0.2) is 56.0 Å². The van der Waals surface area contributed by atoms with Crippen LogP contribution >= 0.6 is 6.64 Å². The van der Waals surface area contributed by atoms with Crippen LogP contribution in [0.15, 0.2) is 63.8 Å². The predicted octanol–water partition coefficient (Wildman–Crippen LogP) is 2.27. The van der Waals surface area contributed by atoms with Crippen LogP contribution in [0, 0.1) is 5.92 Å². The Kier molecular flexibility index (Phi) is 10.6. The van der Waals surface area contributed by atoms with Gasteiger partial charge < -0.3 is 38.6 Å². The van der Waals surface area contributed by atoms with Crippen LogP contribution in [0.1, 0.15) is 47.8 Å². The molecule has 5 atom stereocenters. The molecule has 1 fully saturated rings. The molecular weight excluding hydrogens is 577 g/mol. The van der Waals surface area contributed by atoms with Crippen LogP contribution in [0.4, 0.5) is 0 Å². The lowest BCUT2D eigenvalue weighted by Gasteiger charge is -2.30. The smallest absolute Gasteiger partial charge is 0.330 e. The number of hydrogen-bond acceptors (Lipinski definition) is 10. The lowest BCUT2D eigenvalue weighted by atomic mass is 9.96. The fourth-order valence-electron chi connectivity index (χ4n) is 3.90. The van der Waals surface area contributed by atoms with E-state index in [0.29, 0.717) is 5.75 Å². The van der Waals surface area contributed by atoms with E-state index in [4.69, 9.17) is 35.3 Å². The summed E-state index contributed by atoms with van der Waals surface area (Å²) >= 11 is 5.30. The predicted molar refractivity (Wildman–Crippen MR) is 152 cm³/mol. The summed E-state index contributed by atoms with van der Waals surface area (Å²) in [7, 11) is 0. The number of nitrogens with one attached hydrogen (secondary N) is 2. The molecule has 1 aromatic heterocycles. The van der Waals surface area contributed by atoms with Gasteiger partial charge in [-0.2, -0.15) is 0 Å². The number of benzene rings is 1. The van der Waals surface area contributed by atoms with Crippen LogP contribution in [0.5, 0.6) is 5.75 Å². The number of esters is 1. The molecule has 1 aromatic carbocycles. The van der Waals surface area contributed by atoms with Crippen molar-refractivity contribution in [1.29, 1.82) is 0 Å². The van der Waals surface area contributed by atoms with Crippen molar-refractivity contribution in [2.75, 3.05) is 6.61 Å². The number of allylic oxidation sites excluding steroid dienone is 1. The van der Waals surface area contributed by atoms with E-state index in [-0.39, 0.29) is 17.7 Å². The first-order valence-corrected chi connectivity index (χ1v) is 15.5. The Morgan fingerprint density at radius 3 is 2.46 bits per heavy atom. The number of H-pyrrole nitrogens is 1. The Hall–Kier alpha value is -3.00. The van der Waals surface area contributed by atoms with Crippen LogP contribution in [0.3, 0.4) is 0 Å². The van der Waals surface area contributed by atoms with E-state index in [2.05, 4.69) is 10.1 Å². The van der Waals surface area contributed by atoms with Gasteiger partial charge in [0.15, 0.2) is 12.3 Å². The standard InChI is InChI=1S/C26H36N3O10PS/c1-15(2)22(31)39-21-19(38-24(26(21,6)33)29-13-12-20(30)27-25(29)32)14-35-40(34,41)28-17(5)23(36-16(3)4)37-18-10-8-7-9-11-18/h7-13,15-16,19,21,24,33H,14H2,1-6H3,(H,27,30,32)(H2,28,34,41)/t19-,21-,24-,26-,40+/m1/s1. The van der Waals surface area contributed by atoms with E-state index in [9.17, 15) is 24.4 Å². The number of para-hydroxylation sites is 1. The molecule has 3 rings (SSSR count). The number of aliphatic hydroxyl groups is 1. The zero-order chi connectivity index (χ0) is 30.5. The molecule has 41 heavy (non-hydrogen) atoms. The normalized spacial score (nSPS) is 24.5. The number of carbonyl (C=O) groups is 1. The first kappa shape index (κ1) is 32.5. The van der Waals surface area contributed by atoms with Crippen molar-refractivity contribution in [2.45, 2.75) is 71.7 Å². The van der Waals surface area contributed by atoms with E-state index in [1.54, 1.807) is 58.9 Å². The summed E-state index contributed by atoms with van der Waals surface area (Å²) < 4.78 is 29.7. The zero-order valence-corrected chi connectivity index (χ0v) is 25.3. The molecule has 0 bridgehead atoms. The van der Waals surface area contributed by atoms with Gasteiger partial charge in [0.25, 0.3) is 12.2 Å². The van der Waals surface area contributed by atoms with Gasteiger partial charge in [0.2, 0.25) is 0 Å². The van der Waals surface area contributed by atoms with E-state index >= 15 is 0 Å². The molecule has 0 radical (unpaired) electrons. The Labute approximate surface area is 242 Å². The third-order valence-electron chi connectivity index (χ3n) is 5.86. The largest absolute Gasteiger partial charge is 0.461 e. The van der Waals surface area contributed by atoms with Crippen molar-refractivity contribution in [3.63, 3.8) is 0 Å². The van der Waals surface area contributed by atoms with Crippen molar-refractivity contribution in [2.24, 2.45) is 5.92 Å². The second-order valence-corrected chi connectivity index (χ2v) is 13.2. The lowest BCUT2D eigenvalue weighted by molar-refractivity contribution is -0.167. The monoisotopic (exact) mass is 613 g/mol. The third-order valence-corrected chi connectivity index (χ3v) is 7.57. The molecule has 1 saturated heterocycles. The number of aromatic nitrogens is 2. The highest BCUT2D eigenvalue weighted by Crippen LogP contribution is 2.44. The number of carbonyl (C=O) groups excluding carboxylic acids is 1. The number of aromatic amines is 1. The lowest BCUT2D eigenvalue weighted by Crippen LogP contribution is -2.49. The molecule has 0 spiro atoms. The molecule has 226 valence electrons. The molecule has 13 nitrogen and oxygen atoms in total. The second-order valence-electron chi connectivity index (χ2n) is 10.2. The van der Waals surface area contributed by atoms with Crippen LogP contribution < -0.4 is 21.1 Å².